The van der Waals surface area contributed by atoms with Crippen LogP contribution in [0, 0.1) is 6.92 Å². The minimum Gasteiger partial charge on any atom is -0.365 e. The maximum absolute atomic E-state index is 12.3. The highest BCUT2D eigenvalue weighted by Crippen LogP contribution is 2.21. The number of para-hydroxylation sites is 1. The molecule has 1 aromatic heterocycles. The molecular weight excluding hydrogens is 276 g/mol. The Hall–Kier alpha value is -2.69. The van der Waals surface area contributed by atoms with E-state index in [4.69, 9.17) is 0 Å². The summed E-state index contributed by atoms with van der Waals surface area (Å²) in [4.78, 5) is 20.6. The molecule has 0 bridgehead atoms. The molecule has 22 heavy (non-hydrogen) atoms. The largest absolute Gasteiger partial charge is 0.365 e. The van der Waals surface area contributed by atoms with Gasteiger partial charge in [0.15, 0.2) is 0 Å². The molecule has 0 spiro atoms. The summed E-state index contributed by atoms with van der Waals surface area (Å²) in [5.41, 5.74) is 3.27. The summed E-state index contributed by atoms with van der Waals surface area (Å²) < 4.78 is 0. The molecule has 1 heterocycles. The Morgan fingerprint density at radius 3 is 2.77 bits per heavy atom. The van der Waals surface area contributed by atoms with Gasteiger partial charge in [-0.2, -0.15) is 0 Å². The van der Waals surface area contributed by atoms with E-state index in [1.165, 1.54) is 12.4 Å². The second-order valence-corrected chi connectivity index (χ2v) is 4.87. The summed E-state index contributed by atoms with van der Waals surface area (Å²) in [6, 6.07) is 5.98. The average Bonchev–Trinajstić information content (AvgIpc) is 2.55. The molecule has 2 aromatic rings. The Balaban J connectivity index is 2.14. The average molecular weight is 296 g/mol. The summed E-state index contributed by atoms with van der Waals surface area (Å²) in [6.07, 6.45) is 5.59. The summed E-state index contributed by atoms with van der Waals surface area (Å²) in [5.74, 6) is 0.355. The van der Waals surface area contributed by atoms with Crippen LogP contribution in [0.15, 0.2) is 43.2 Å². The molecule has 0 aliphatic carbocycles. The van der Waals surface area contributed by atoms with Crippen LogP contribution in [0.2, 0.25) is 0 Å². The van der Waals surface area contributed by atoms with Gasteiger partial charge in [0.1, 0.15) is 11.5 Å². The molecule has 0 atom stereocenters. The molecule has 0 saturated heterocycles. The first-order valence-corrected chi connectivity index (χ1v) is 7.22. The number of anilines is 2. The van der Waals surface area contributed by atoms with Gasteiger partial charge in [0, 0.05) is 12.2 Å². The van der Waals surface area contributed by atoms with Crippen LogP contribution in [-0.2, 0) is 6.42 Å². The number of rotatable bonds is 6. The van der Waals surface area contributed by atoms with Crippen LogP contribution < -0.4 is 10.6 Å². The number of nitrogens with one attached hydrogen (secondary N) is 2. The first-order chi connectivity index (χ1) is 10.7. The van der Waals surface area contributed by atoms with Crippen LogP contribution >= 0.6 is 0 Å². The number of hydrogen-bond acceptors (Lipinski definition) is 4. The van der Waals surface area contributed by atoms with Gasteiger partial charge in [-0.1, -0.05) is 31.2 Å². The highest BCUT2D eigenvalue weighted by atomic mass is 16.1. The third-order valence-corrected chi connectivity index (χ3v) is 3.29. The quantitative estimate of drug-likeness (QED) is 0.803. The standard InChI is InChI=1S/C17H20N4O/c1-4-9-18-15-11-19-14(10-20-15)17(22)21-16-12(3)7-6-8-13(16)5-2/h4,6-8,10-11H,1,5,9H2,2-3H3,(H,18,20)(H,21,22). The summed E-state index contributed by atoms with van der Waals surface area (Å²) >= 11 is 0. The predicted octanol–water partition coefficient (Wildman–Crippen LogP) is 3.20. The fraction of sp³-hybridized carbons (Fsp3) is 0.235. The Morgan fingerprint density at radius 2 is 2.14 bits per heavy atom. The summed E-state index contributed by atoms with van der Waals surface area (Å²) in [6.45, 7) is 8.25. The van der Waals surface area contributed by atoms with Crippen molar-refractivity contribution in [3.63, 3.8) is 0 Å². The van der Waals surface area contributed by atoms with Crippen molar-refractivity contribution in [3.05, 3.63) is 60.1 Å². The number of nitrogens with zero attached hydrogens (tertiary/aromatic N) is 2. The van der Waals surface area contributed by atoms with Crippen molar-refractivity contribution >= 4 is 17.4 Å². The fourth-order valence-electron chi connectivity index (χ4n) is 2.09. The molecule has 5 heteroatoms. The minimum atomic E-state index is -0.258. The zero-order chi connectivity index (χ0) is 15.9. The Morgan fingerprint density at radius 1 is 1.32 bits per heavy atom. The first kappa shape index (κ1) is 15.7. The summed E-state index contributed by atoms with van der Waals surface area (Å²) in [5, 5.41) is 5.94. The van der Waals surface area contributed by atoms with E-state index in [1.54, 1.807) is 6.08 Å². The van der Waals surface area contributed by atoms with Crippen LogP contribution in [0.1, 0.15) is 28.5 Å². The van der Waals surface area contributed by atoms with Crippen LogP contribution in [-0.4, -0.2) is 22.4 Å². The van der Waals surface area contributed by atoms with E-state index in [9.17, 15) is 4.79 Å². The van der Waals surface area contributed by atoms with Crippen molar-refractivity contribution in [2.24, 2.45) is 0 Å². The molecule has 0 saturated carbocycles. The molecule has 1 amide bonds. The van der Waals surface area contributed by atoms with Crippen molar-refractivity contribution in [1.82, 2.24) is 9.97 Å². The predicted molar refractivity (Wildman–Crippen MR) is 89.2 cm³/mol. The van der Waals surface area contributed by atoms with E-state index in [0.717, 1.165) is 23.2 Å². The molecular formula is C17H20N4O. The van der Waals surface area contributed by atoms with E-state index in [-0.39, 0.29) is 11.6 Å². The Bertz CT molecular complexity index is 665. The van der Waals surface area contributed by atoms with Gasteiger partial charge >= 0.3 is 0 Å². The van der Waals surface area contributed by atoms with Crippen molar-refractivity contribution in [3.8, 4) is 0 Å². The van der Waals surface area contributed by atoms with E-state index in [1.807, 2.05) is 25.1 Å². The first-order valence-electron chi connectivity index (χ1n) is 7.22. The lowest BCUT2D eigenvalue weighted by Crippen LogP contribution is -2.16. The molecule has 2 N–H and O–H groups in total. The number of benzene rings is 1. The van der Waals surface area contributed by atoms with Gasteiger partial charge in [0.05, 0.1) is 12.4 Å². The minimum absolute atomic E-state index is 0.258. The molecule has 0 unspecified atom stereocenters. The van der Waals surface area contributed by atoms with Crippen molar-refractivity contribution in [1.29, 1.82) is 0 Å². The Kier molecular flexibility index (Phi) is 5.25. The molecule has 2 rings (SSSR count). The molecule has 1 aromatic carbocycles. The number of hydrogen-bond donors (Lipinski definition) is 2. The number of carbonyl (C=O) groups excluding carboxylic acids is 1. The highest BCUT2D eigenvalue weighted by molar-refractivity contribution is 6.03. The lowest BCUT2D eigenvalue weighted by Gasteiger charge is -2.12. The monoisotopic (exact) mass is 296 g/mol. The SMILES string of the molecule is C=CCNc1cnc(C(=O)Nc2c(C)cccc2CC)cn1. The third-order valence-electron chi connectivity index (χ3n) is 3.29. The van der Waals surface area contributed by atoms with Crippen LogP contribution in [0.4, 0.5) is 11.5 Å². The number of aromatic nitrogens is 2. The van der Waals surface area contributed by atoms with Gasteiger partial charge in [-0.3, -0.25) is 4.79 Å². The van der Waals surface area contributed by atoms with E-state index in [2.05, 4.69) is 34.1 Å². The van der Waals surface area contributed by atoms with Crippen molar-refractivity contribution in [2.45, 2.75) is 20.3 Å². The van der Waals surface area contributed by atoms with Crippen LogP contribution in [0.5, 0.6) is 0 Å². The van der Waals surface area contributed by atoms with E-state index >= 15 is 0 Å². The van der Waals surface area contributed by atoms with Gasteiger partial charge in [-0.05, 0) is 24.5 Å². The Labute approximate surface area is 130 Å². The highest BCUT2D eigenvalue weighted by Gasteiger charge is 2.12. The molecule has 5 nitrogen and oxygen atoms in total. The van der Waals surface area contributed by atoms with E-state index < -0.39 is 0 Å². The number of amides is 1. The molecule has 0 aliphatic heterocycles. The smallest absolute Gasteiger partial charge is 0.275 e. The third kappa shape index (κ3) is 3.69. The zero-order valence-electron chi connectivity index (χ0n) is 12.9. The molecule has 0 radical (unpaired) electrons. The second kappa shape index (κ2) is 7.36. The molecule has 0 aliphatic rings. The van der Waals surface area contributed by atoms with Crippen LogP contribution in [0.25, 0.3) is 0 Å². The normalized spacial score (nSPS) is 10.1. The topological polar surface area (TPSA) is 66.9 Å². The van der Waals surface area contributed by atoms with Crippen molar-refractivity contribution < 1.29 is 4.79 Å². The number of carbonyl (C=O) groups is 1. The maximum atomic E-state index is 12.3. The lowest BCUT2D eigenvalue weighted by atomic mass is 10.1. The van der Waals surface area contributed by atoms with Crippen molar-refractivity contribution in [2.75, 3.05) is 17.2 Å². The van der Waals surface area contributed by atoms with Gasteiger partial charge in [-0.25, -0.2) is 9.97 Å². The number of aryl methyl sites for hydroxylation is 2. The summed E-state index contributed by atoms with van der Waals surface area (Å²) in [7, 11) is 0. The van der Waals surface area contributed by atoms with E-state index in [0.29, 0.717) is 12.4 Å². The maximum Gasteiger partial charge on any atom is 0.275 e. The second-order valence-electron chi connectivity index (χ2n) is 4.87. The molecule has 0 fully saturated rings. The fourth-order valence-corrected chi connectivity index (χ4v) is 2.09. The lowest BCUT2D eigenvalue weighted by molar-refractivity contribution is 0.102. The molecule has 114 valence electrons. The van der Waals surface area contributed by atoms with Gasteiger partial charge in [0.2, 0.25) is 0 Å². The van der Waals surface area contributed by atoms with Gasteiger partial charge < -0.3 is 10.6 Å². The van der Waals surface area contributed by atoms with Gasteiger partial charge in [0.25, 0.3) is 5.91 Å². The zero-order valence-corrected chi connectivity index (χ0v) is 12.9. The van der Waals surface area contributed by atoms with Gasteiger partial charge in [-0.15, -0.1) is 6.58 Å². The van der Waals surface area contributed by atoms with Crippen LogP contribution in [0.3, 0.4) is 0 Å².